The molecule has 2 aromatic carbocycles. The van der Waals surface area contributed by atoms with Crippen molar-refractivity contribution >= 4 is 41.9 Å². The van der Waals surface area contributed by atoms with Crippen LogP contribution in [0.3, 0.4) is 0 Å². The van der Waals surface area contributed by atoms with Crippen molar-refractivity contribution in [3.05, 3.63) is 97.1 Å². The molecule has 7 amide bonds. The predicted molar refractivity (Wildman–Crippen MR) is 220 cm³/mol. The molecule has 0 aliphatic rings. The van der Waals surface area contributed by atoms with E-state index in [0.29, 0.717) is 25.8 Å². The van der Waals surface area contributed by atoms with Gasteiger partial charge in [-0.05, 0) is 64.0 Å². The molecule has 0 aliphatic carbocycles. The Hall–Kier alpha value is -6.39. The maximum atomic E-state index is 12.9. The minimum Gasteiger partial charge on any atom is -0.445 e. The topological polar surface area (TPSA) is 223 Å². The van der Waals surface area contributed by atoms with Gasteiger partial charge in [-0.1, -0.05) is 72.8 Å². The molecule has 59 heavy (non-hydrogen) atoms. The van der Waals surface area contributed by atoms with Gasteiger partial charge < -0.3 is 51.0 Å². The van der Waals surface area contributed by atoms with Crippen LogP contribution in [-0.2, 0) is 46.6 Å². The zero-order valence-electron chi connectivity index (χ0n) is 34.2. The summed E-state index contributed by atoms with van der Waals surface area (Å²) >= 11 is 0. The highest BCUT2D eigenvalue weighted by Gasteiger charge is 2.24. The summed E-state index contributed by atoms with van der Waals surface area (Å²) < 4.78 is 15.9. The number of nitrogens with one attached hydrogen (secondary N) is 6. The lowest BCUT2D eigenvalue weighted by molar-refractivity contribution is -0.127. The summed E-state index contributed by atoms with van der Waals surface area (Å²) in [4.78, 5) is 89.3. The van der Waals surface area contributed by atoms with Crippen molar-refractivity contribution in [2.45, 2.75) is 83.8 Å². The van der Waals surface area contributed by atoms with Crippen molar-refractivity contribution in [1.82, 2.24) is 36.8 Å². The summed E-state index contributed by atoms with van der Waals surface area (Å²) in [5.41, 5.74) is 0.834. The Bertz CT molecular complexity index is 1670. The molecule has 2 atom stereocenters. The number of carbonyl (C=O) groups excluding carboxylic acids is 7. The summed E-state index contributed by atoms with van der Waals surface area (Å²) in [5, 5.41) is 15.4. The average Bonchev–Trinajstić information content (AvgIpc) is 3.20. The number of rotatable bonds is 25. The number of unbranched alkanes of at least 4 members (excludes halogenated alkanes) is 1. The number of nitrogens with zero attached hydrogens (tertiary/aromatic N) is 1. The third-order valence-corrected chi connectivity index (χ3v) is 8.05. The number of amides is 7. The van der Waals surface area contributed by atoms with Crippen LogP contribution < -0.4 is 31.9 Å². The highest BCUT2D eigenvalue weighted by molar-refractivity contribution is 5.90. The molecule has 0 saturated carbocycles. The average molecular weight is 822 g/mol. The van der Waals surface area contributed by atoms with Crippen molar-refractivity contribution < 1.29 is 47.8 Å². The van der Waals surface area contributed by atoms with E-state index in [2.05, 4.69) is 45.1 Å². The molecule has 6 N–H and O–H groups in total. The van der Waals surface area contributed by atoms with E-state index in [9.17, 15) is 33.6 Å². The van der Waals surface area contributed by atoms with Crippen molar-refractivity contribution in [1.29, 1.82) is 0 Å². The van der Waals surface area contributed by atoms with Gasteiger partial charge in [0.1, 0.15) is 30.9 Å². The van der Waals surface area contributed by atoms with Gasteiger partial charge in [-0.15, -0.1) is 13.2 Å². The smallest absolute Gasteiger partial charge is 0.410 e. The van der Waals surface area contributed by atoms with E-state index < -0.39 is 59.6 Å². The molecule has 0 aromatic heterocycles. The fourth-order valence-electron chi connectivity index (χ4n) is 5.09. The monoisotopic (exact) mass is 821 g/mol. The normalized spacial score (nSPS) is 11.6. The first-order chi connectivity index (χ1) is 28.2. The second-order valence-corrected chi connectivity index (χ2v) is 14.2. The Kier molecular flexibility index (Phi) is 22.5. The van der Waals surface area contributed by atoms with Crippen LogP contribution >= 0.6 is 0 Å². The quantitative estimate of drug-likeness (QED) is 0.0485. The number of ether oxygens (including phenoxy) is 3. The van der Waals surface area contributed by atoms with Gasteiger partial charge in [-0.2, -0.15) is 0 Å². The highest BCUT2D eigenvalue weighted by atomic mass is 16.6. The van der Waals surface area contributed by atoms with Crippen LogP contribution in [-0.4, -0.2) is 104 Å². The van der Waals surface area contributed by atoms with Crippen LogP contribution in [0.1, 0.15) is 64.0 Å². The van der Waals surface area contributed by atoms with Crippen LogP contribution in [0, 0.1) is 0 Å². The molecule has 0 aliphatic heterocycles. The van der Waals surface area contributed by atoms with E-state index in [0.717, 1.165) is 11.1 Å². The molecule has 0 radical (unpaired) electrons. The SMILES string of the molecule is C=CC[C@H](NC(=O)OCc1ccccc1)C(=O)NCC(=O)NCCCCN(CCCNC(=O)CNC(=O)[C@H](CC=C)NC(=O)OCc1ccccc1)C(=O)OC(C)(C)C. The van der Waals surface area contributed by atoms with Crippen LogP contribution in [0.4, 0.5) is 14.4 Å². The second-order valence-electron chi connectivity index (χ2n) is 14.2. The maximum Gasteiger partial charge on any atom is 0.410 e. The molecule has 0 fully saturated rings. The molecule has 0 saturated heterocycles. The zero-order valence-corrected chi connectivity index (χ0v) is 34.2. The highest BCUT2D eigenvalue weighted by Crippen LogP contribution is 2.11. The Morgan fingerprint density at radius 2 is 1.05 bits per heavy atom. The van der Waals surface area contributed by atoms with Gasteiger partial charge in [0, 0.05) is 26.2 Å². The molecular weight excluding hydrogens is 763 g/mol. The van der Waals surface area contributed by atoms with Gasteiger partial charge in [0.25, 0.3) is 0 Å². The standard InChI is InChI=1S/C42H59N7O10/c1-6-17-33(47-39(54)57-29-31-19-10-8-11-20-31)37(52)45-27-35(50)43-23-14-15-25-49(41(56)59-42(3,4)5)26-16-24-44-36(51)28-46-38(53)34(18-7-2)48-40(55)58-30-32-21-12-9-13-22-32/h6-13,19-22,33-34H,1-2,14-18,23-30H2,3-5H3,(H,43,50)(H,44,51)(H,45,52)(H,46,53)(H,47,54)(H,48,55)/t33-,34-/m0/s1. The Morgan fingerprint density at radius 1 is 0.627 bits per heavy atom. The molecule has 17 nitrogen and oxygen atoms in total. The Balaban J connectivity index is 1.71. The number of benzene rings is 2. The minimum absolute atomic E-state index is 0.0272. The first-order valence-corrected chi connectivity index (χ1v) is 19.4. The van der Waals surface area contributed by atoms with E-state index in [-0.39, 0.29) is 58.8 Å². The number of alkyl carbamates (subject to hydrolysis) is 2. The first-order valence-electron chi connectivity index (χ1n) is 19.4. The second kappa shape index (κ2) is 27.3. The molecule has 0 heterocycles. The number of hydrogen-bond acceptors (Lipinski definition) is 10. The Morgan fingerprint density at radius 3 is 1.47 bits per heavy atom. The third kappa shape index (κ3) is 22.2. The van der Waals surface area contributed by atoms with Crippen molar-refractivity contribution in [3.63, 3.8) is 0 Å². The lowest BCUT2D eigenvalue weighted by Gasteiger charge is -2.27. The molecule has 322 valence electrons. The van der Waals surface area contributed by atoms with E-state index >= 15 is 0 Å². The molecular formula is C42H59N7O10. The summed E-state index contributed by atoms with van der Waals surface area (Å²) in [6.07, 6.45) is 2.48. The lowest BCUT2D eigenvalue weighted by Crippen LogP contribution is -2.49. The van der Waals surface area contributed by atoms with Gasteiger partial charge in [0.15, 0.2) is 0 Å². The van der Waals surface area contributed by atoms with Gasteiger partial charge in [-0.25, -0.2) is 14.4 Å². The van der Waals surface area contributed by atoms with Crippen molar-refractivity contribution in [3.8, 4) is 0 Å². The van der Waals surface area contributed by atoms with Gasteiger partial charge >= 0.3 is 18.3 Å². The van der Waals surface area contributed by atoms with Gasteiger partial charge in [-0.3, -0.25) is 19.2 Å². The fourth-order valence-corrected chi connectivity index (χ4v) is 5.09. The minimum atomic E-state index is -0.993. The molecule has 0 bridgehead atoms. The molecule has 2 aromatic rings. The largest absolute Gasteiger partial charge is 0.445 e. The molecule has 2 rings (SSSR count). The van der Waals surface area contributed by atoms with Crippen molar-refractivity contribution in [2.75, 3.05) is 39.3 Å². The first kappa shape index (κ1) is 48.8. The summed E-state index contributed by atoms with van der Waals surface area (Å²) in [7, 11) is 0. The van der Waals surface area contributed by atoms with Crippen molar-refractivity contribution in [2.24, 2.45) is 0 Å². The molecule has 17 heteroatoms. The van der Waals surface area contributed by atoms with E-state index in [1.807, 2.05) is 36.4 Å². The maximum absolute atomic E-state index is 12.9. The third-order valence-electron chi connectivity index (χ3n) is 8.05. The van der Waals surface area contributed by atoms with Gasteiger partial charge in [0.2, 0.25) is 23.6 Å². The lowest BCUT2D eigenvalue weighted by atomic mass is 10.2. The zero-order chi connectivity index (χ0) is 43.5. The molecule has 0 spiro atoms. The number of carbonyl (C=O) groups is 7. The summed E-state index contributed by atoms with van der Waals surface area (Å²) in [6, 6.07) is 16.1. The summed E-state index contributed by atoms with van der Waals surface area (Å²) in [5.74, 6) is -2.06. The van der Waals surface area contributed by atoms with Crippen LogP contribution in [0.2, 0.25) is 0 Å². The fraction of sp³-hybridized carbons (Fsp3) is 0.452. The van der Waals surface area contributed by atoms with E-state index in [1.54, 1.807) is 45.0 Å². The van der Waals surface area contributed by atoms with Crippen LogP contribution in [0.25, 0.3) is 0 Å². The predicted octanol–water partition coefficient (Wildman–Crippen LogP) is 3.60. The molecule has 0 unspecified atom stereocenters. The van der Waals surface area contributed by atoms with E-state index in [1.165, 1.54) is 17.1 Å². The van der Waals surface area contributed by atoms with Crippen LogP contribution in [0.5, 0.6) is 0 Å². The summed E-state index contributed by atoms with van der Waals surface area (Å²) in [6.45, 7) is 12.9. The van der Waals surface area contributed by atoms with E-state index in [4.69, 9.17) is 14.2 Å². The number of hydrogen-bond donors (Lipinski definition) is 6. The Labute approximate surface area is 346 Å². The van der Waals surface area contributed by atoms with Crippen LogP contribution in [0.15, 0.2) is 86.0 Å². The van der Waals surface area contributed by atoms with Gasteiger partial charge in [0.05, 0.1) is 13.1 Å².